The summed E-state index contributed by atoms with van der Waals surface area (Å²) in [6.07, 6.45) is -14.1. The van der Waals surface area contributed by atoms with Crippen molar-refractivity contribution in [3.05, 3.63) is 97.8 Å². The van der Waals surface area contributed by atoms with E-state index in [1.54, 1.807) is 39.5 Å². The first-order valence-corrected chi connectivity index (χ1v) is 43.5. The van der Waals surface area contributed by atoms with Crippen molar-refractivity contribution in [2.45, 2.75) is 212 Å². The van der Waals surface area contributed by atoms with Crippen molar-refractivity contribution in [2.75, 3.05) is 75.0 Å². The quantitative estimate of drug-likeness (QED) is 0.0150. The smallest absolute Gasteiger partial charge is 0.414 e. The van der Waals surface area contributed by atoms with Crippen molar-refractivity contribution < 1.29 is 96.3 Å². The van der Waals surface area contributed by atoms with Gasteiger partial charge >= 0.3 is 53.3 Å². The number of amides is 3. The number of aliphatic hydroxyl groups excluding tert-OH is 1. The number of nitrogens with one attached hydrogen (secondary N) is 6. The van der Waals surface area contributed by atoms with Crippen LogP contribution in [0.15, 0.2) is 47.4 Å². The first-order chi connectivity index (χ1) is 50.1. The second-order valence-electron chi connectivity index (χ2n) is 30.6. The molecule has 3 saturated heterocycles. The van der Waals surface area contributed by atoms with Gasteiger partial charge in [-0.3, -0.25) is 57.4 Å². The van der Waals surface area contributed by atoms with Crippen molar-refractivity contribution in [1.82, 2.24) is 44.6 Å². The molecule has 6 rings (SSSR count). The van der Waals surface area contributed by atoms with E-state index in [0.717, 1.165) is 22.3 Å². The predicted octanol–water partition coefficient (Wildman–Crippen LogP) is 7.55. The topological polar surface area (TPSA) is 346 Å². The lowest BCUT2D eigenvalue weighted by atomic mass is 10.0. The van der Waals surface area contributed by atoms with Crippen LogP contribution in [-0.4, -0.2) is 198 Å². The molecule has 0 bridgehead atoms. The molecular weight excluding hydrogens is 1550 g/mol. The highest BCUT2D eigenvalue weighted by molar-refractivity contribution is 7.99. The number of hydrogen-bond donors (Lipinski definition) is 7. The lowest BCUT2D eigenvalue weighted by Crippen LogP contribution is -2.44. The average Bonchev–Trinajstić information content (AvgIpc) is 1.69. The van der Waals surface area contributed by atoms with Gasteiger partial charge in [-0.1, -0.05) is 119 Å². The molecule has 109 heavy (non-hydrogen) atoms. The molecule has 0 spiro atoms. The van der Waals surface area contributed by atoms with E-state index in [2.05, 4.69) is 160 Å². The number of H-pyrrole nitrogens is 3. The van der Waals surface area contributed by atoms with Gasteiger partial charge in [0.2, 0.25) is 0 Å². The molecule has 3 unspecified atom stereocenters. The molecule has 3 aromatic rings. The summed E-state index contributed by atoms with van der Waals surface area (Å²) < 4.78 is 162. The minimum absolute atomic E-state index is 0.0103. The number of aromatic nitrogens is 6. The van der Waals surface area contributed by atoms with Crippen LogP contribution in [0.1, 0.15) is 138 Å². The van der Waals surface area contributed by atoms with Crippen LogP contribution < -0.4 is 49.7 Å². The van der Waals surface area contributed by atoms with Gasteiger partial charge in [-0.2, -0.15) is 39.5 Å². The number of hydrogen-bond acceptors (Lipinski definition) is 21. The third-order valence-corrected chi connectivity index (χ3v) is 29.2. The van der Waals surface area contributed by atoms with Crippen LogP contribution >= 0.6 is 35.3 Å². The minimum atomic E-state index is -5.04. The van der Waals surface area contributed by atoms with Gasteiger partial charge in [-0.25, -0.2) is 14.4 Å². The number of ether oxygens (including phenoxy) is 6. The number of alkyl halides is 9. The Kier molecular flexibility index (Phi) is 35.2. The highest BCUT2D eigenvalue weighted by Gasteiger charge is 2.46. The van der Waals surface area contributed by atoms with E-state index >= 15 is 0 Å². The Bertz CT molecular complexity index is 4150. The number of carbonyl (C=O) groups excluding carboxylic acids is 3. The van der Waals surface area contributed by atoms with Gasteiger partial charge in [-0.15, -0.1) is 35.3 Å². The second kappa shape index (κ2) is 40.4. The maximum absolute atomic E-state index is 12.7. The Morgan fingerprint density at radius 3 is 1.03 bits per heavy atom. The third kappa shape index (κ3) is 30.9. The largest absolute Gasteiger partial charge is 0.471 e. The monoisotopic (exact) mass is 1650 g/mol. The molecule has 6 heterocycles. The summed E-state index contributed by atoms with van der Waals surface area (Å²) in [7, 11) is -4.18. The van der Waals surface area contributed by atoms with E-state index in [1.165, 1.54) is 33.3 Å². The predicted molar refractivity (Wildman–Crippen MR) is 397 cm³/mol. The SMILES string of the molecule is CC(C)(C)CSCOC1C[C@H](n2cc(C#CCNC(=O)C(F)(F)F)c(=O)[nH]c2=O)O[C@@H]1CO.CC(C)(C)CSCOC1C[C@H](n2cc(C#CCNC(=O)C(F)(F)F)c(=O)[nH]c2=O)O[C@@H]1CO[Si](C)(C)C(C)(C)C.CSCOC1C[C@H](n2cc(C#CCNC(=O)C(F)(F)F)c(=O)[nH]c2=O)O[C@@H]1CO[Si](C)(C)C(C)(C)C. The lowest BCUT2D eigenvalue weighted by molar-refractivity contribution is -0.173. The molecule has 3 aliphatic rings. The Morgan fingerprint density at radius 1 is 0.495 bits per heavy atom. The van der Waals surface area contributed by atoms with Gasteiger partial charge in [0.15, 0.2) is 16.6 Å². The summed E-state index contributed by atoms with van der Waals surface area (Å²) in [5.74, 6) is 10.4. The van der Waals surface area contributed by atoms with Crippen molar-refractivity contribution >= 4 is 69.6 Å². The molecule has 3 amide bonds. The van der Waals surface area contributed by atoms with Crippen LogP contribution in [0.5, 0.6) is 0 Å². The standard InChI is InChI=1S/C26H40F3N3O6SSi.C22H32F3N3O6SSi.C20H26F3N3O6S/c1-24(2,3)15-39-16-36-18-12-20(38-19(18)14-37-40(7,8)25(4,5)6)32-13-17(21(33)31-23(32)35)10-9-11-30-22(34)26(27,28)29;1-21(2,3)36(5,6)33-12-16-15(32-13-35-4)10-17(34-16)28-11-14(18(29)27-20(28)31)8-7-9-26-19(30)22(23,24)25;1-19(2,3)10-33-11-31-13-7-15(32-14(13)9-27)26-8-12(16(28)25-18(26)30)5-4-6-24-17(29)20(21,22)23/h13,18-20H,11-12,14-16H2,1-8H3,(H,30,34)(H,31,33,35);11,15-17H,9-10,12-13H2,1-6H3,(H,26,30)(H,27,29,31);8,13-15,27H,6-7,9-11H2,1-3H3,(H,24,29)(H,25,28,30)/t18?,19-,20-;15?,16-,17-;13?,14-,15-/m111/s1. The average molecular weight is 1650 g/mol. The normalized spacial score (nSPS) is 20.6. The van der Waals surface area contributed by atoms with Gasteiger partial charge in [0.05, 0.1) is 75.6 Å². The van der Waals surface area contributed by atoms with Gasteiger partial charge in [0.1, 0.15) is 53.7 Å². The van der Waals surface area contributed by atoms with Crippen LogP contribution in [-0.2, 0) is 51.7 Å². The number of carbonyl (C=O) groups is 3. The molecule has 41 heteroatoms. The Labute approximate surface area is 639 Å². The van der Waals surface area contributed by atoms with E-state index < -0.39 is 149 Å². The number of aliphatic hydroxyl groups is 1. The highest BCUT2D eigenvalue weighted by Crippen LogP contribution is 2.41. The van der Waals surface area contributed by atoms with Crippen LogP contribution in [0.4, 0.5) is 39.5 Å². The number of thioether (sulfide) groups is 3. The molecule has 3 aromatic heterocycles. The molecule has 0 saturated carbocycles. The van der Waals surface area contributed by atoms with Gasteiger partial charge in [-0.05, 0) is 53.4 Å². The first-order valence-electron chi connectivity index (χ1n) is 34.0. The fourth-order valence-electron chi connectivity index (χ4n) is 9.20. The van der Waals surface area contributed by atoms with E-state index in [9.17, 15) is 87.8 Å². The van der Waals surface area contributed by atoms with Gasteiger partial charge < -0.3 is 58.3 Å². The molecular formula is C68H98F9N9O18S3Si2. The molecule has 612 valence electrons. The van der Waals surface area contributed by atoms with E-state index in [1.807, 2.05) is 6.26 Å². The summed E-state index contributed by atoms with van der Waals surface area (Å²) >= 11 is 4.73. The van der Waals surface area contributed by atoms with Crippen LogP contribution in [0.3, 0.4) is 0 Å². The fraction of sp³-hybridized carbons (Fsp3) is 0.691. The number of halogens is 9. The summed E-state index contributed by atoms with van der Waals surface area (Å²) in [6, 6.07) is 0. The van der Waals surface area contributed by atoms with Crippen LogP contribution in [0.2, 0.25) is 36.3 Å². The number of rotatable bonds is 24. The van der Waals surface area contributed by atoms with Crippen LogP contribution in [0.25, 0.3) is 0 Å². The summed E-state index contributed by atoms with van der Waals surface area (Å²) in [5, 5.41) is 14.3. The molecule has 0 aromatic carbocycles. The lowest BCUT2D eigenvalue weighted by Gasteiger charge is -2.37. The van der Waals surface area contributed by atoms with E-state index in [-0.39, 0.29) is 76.0 Å². The minimum Gasteiger partial charge on any atom is -0.414 e. The van der Waals surface area contributed by atoms with Crippen molar-refractivity contribution in [1.29, 1.82) is 0 Å². The van der Waals surface area contributed by atoms with Crippen molar-refractivity contribution in [3.8, 4) is 35.5 Å². The fourth-order valence-corrected chi connectivity index (χ4v) is 13.5. The zero-order chi connectivity index (χ0) is 82.6. The second-order valence-corrected chi connectivity index (χ2v) is 42.9. The maximum atomic E-state index is 12.7. The molecule has 27 nitrogen and oxygen atoms in total. The van der Waals surface area contributed by atoms with Crippen LogP contribution in [0, 0.1) is 46.4 Å². The van der Waals surface area contributed by atoms with E-state index in [0.29, 0.717) is 30.7 Å². The Balaban J connectivity index is 0.000000347. The highest BCUT2D eigenvalue weighted by atomic mass is 32.2. The zero-order valence-corrected chi connectivity index (χ0v) is 68.1. The zero-order valence-electron chi connectivity index (χ0n) is 63.7. The van der Waals surface area contributed by atoms with Gasteiger partial charge in [0.25, 0.3) is 16.7 Å². The first kappa shape index (κ1) is 95.0. The summed E-state index contributed by atoms with van der Waals surface area (Å²) in [4.78, 5) is 113. The summed E-state index contributed by atoms with van der Waals surface area (Å²) in [5.41, 5.74) is -4.97. The number of nitrogens with zero attached hydrogens (tertiary/aromatic N) is 3. The molecule has 3 aliphatic heterocycles. The number of aromatic amines is 3. The van der Waals surface area contributed by atoms with Crippen molar-refractivity contribution in [3.63, 3.8) is 0 Å². The Morgan fingerprint density at radius 2 is 0.771 bits per heavy atom. The third-order valence-electron chi connectivity index (χ3n) is 17.0. The molecule has 7 N–H and O–H groups in total. The molecule has 0 radical (unpaired) electrons. The molecule has 9 atom stereocenters. The maximum Gasteiger partial charge on any atom is 0.471 e. The van der Waals surface area contributed by atoms with Crippen molar-refractivity contribution in [2.24, 2.45) is 10.8 Å². The van der Waals surface area contributed by atoms with Gasteiger partial charge in [0, 0.05) is 49.4 Å². The van der Waals surface area contributed by atoms with E-state index in [4.69, 9.17) is 37.3 Å². The molecule has 3 fully saturated rings. The Hall–Kier alpha value is -6.38. The molecule has 0 aliphatic carbocycles. The summed E-state index contributed by atoms with van der Waals surface area (Å²) in [6.45, 7) is 32.2.